The average molecular weight is 352 g/mol. The van der Waals surface area contributed by atoms with Gasteiger partial charge in [0.1, 0.15) is 5.75 Å². The van der Waals surface area contributed by atoms with Gasteiger partial charge in [0, 0.05) is 5.56 Å². The van der Waals surface area contributed by atoms with Crippen LogP contribution in [0.4, 0.5) is 0 Å². The molecule has 5 nitrogen and oxygen atoms in total. The predicted molar refractivity (Wildman–Crippen MR) is 97.3 cm³/mol. The zero-order valence-electron chi connectivity index (χ0n) is 13.3. The summed E-state index contributed by atoms with van der Waals surface area (Å²) in [5, 5.41) is 1.79. The quantitative estimate of drug-likeness (QED) is 0.693. The average Bonchev–Trinajstić information content (AvgIpc) is 3.20. The molecule has 1 aromatic heterocycles. The second-order valence-electron chi connectivity index (χ2n) is 5.13. The van der Waals surface area contributed by atoms with Crippen molar-refractivity contribution < 1.29 is 14.3 Å². The summed E-state index contributed by atoms with van der Waals surface area (Å²) in [5.74, 6) is -0.186. The van der Waals surface area contributed by atoms with Crippen molar-refractivity contribution >= 4 is 23.2 Å². The van der Waals surface area contributed by atoms with Gasteiger partial charge in [-0.25, -0.2) is 0 Å². The Labute approximate surface area is 149 Å². The van der Waals surface area contributed by atoms with Crippen LogP contribution in [-0.4, -0.2) is 18.4 Å². The SMILES string of the molecule is O=C(COc1ccccc1-c1ccccc1)NNC(=O)c1cccs1. The predicted octanol–water partition coefficient (Wildman–Crippen LogP) is 3.26. The van der Waals surface area contributed by atoms with Crippen LogP contribution in [-0.2, 0) is 4.79 Å². The Bertz CT molecular complexity index is 848. The van der Waals surface area contributed by atoms with E-state index in [-0.39, 0.29) is 12.5 Å². The van der Waals surface area contributed by atoms with Gasteiger partial charge in [0.2, 0.25) is 0 Å². The molecule has 2 N–H and O–H groups in total. The molecule has 126 valence electrons. The number of hydrogen-bond donors (Lipinski definition) is 2. The van der Waals surface area contributed by atoms with Crippen LogP contribution in [0, 0.1) is 0 Å². The van der Waals surface area contributed by atoms with Gasteiger partial charge < -0.3 is 4.74 Å². The van der Waals surface area contributed by atoms with E-state index in [1.807, 2.05) is 48.5 Å². The van der Waals surface area contributed by atoms with Gasteiger partial charge in [-0.1, -0.05) is 54.6 Å². The number of rotatable bonds is 5. The standard InChI is InChI=1S/C19H16N2O3S/c22-18(20-21-19(23)17-11-6-12-25-17)13-24-16-10-5-4-9-15(16)14-7-2-1-3-8-14/h1-12H,13H2,(H,20,22)(H,21,23). The molecule has 0 unspecified atom stereocenters. The van der Waals surface area contributed by atoms with E-state index in [0.717, 1.165) is 11.1 Å². The van der Waals surface area contributed by atoms with E-state index >= 15 is 0 Å². The molecule has 2 aromatic carbocycles. The van der Waals surface area contributed by atoms with Crippen LogP contribution in [0.1, 0.15) is 9.67 Å². The first-order valence-corrected chi connectivity index (χ1v) is 8.52. The maximum atomic E-state index is 11.9. The van der Waals surface area contributed by atoms with Crippen molar-refractivity contribution in [3.05, 3.63) is 77.0 Å². The fourth-order valence-corrected chi connectivity index (χ4v) is 2.84. The number of hydrogen-bond acceptors (Lipinski definition) is 4. The molecule has 0 saturated heterocycles. The Balaban J connectivity index is 1.57. The number of carbonyl (C=O) groups excluding carboxylic acids is 2. The number of nitrogens with one attached hydrogen (secondary N) is 2. The van der Waals surface area contributed by atoms with Crippen molar-refractivity contribution in [2.45, 2.75) is 0 Å². The Hall–Kier alpha value is -3.12. The van der Waals surface area contributed by atoms with Crippen LogP contribution in [0.3, 0.4) is 0 Å². The second kappa shape index (κ2) is 8.12. The number of thiophene rings is 1. The van der Waals surface area contributed by atoms with E-state index in [1.54, 1.807) is 23.6 Å². The lowest BCUT2D eigenvalue weighted by molar-refractivity contribution is -0.123. The van der Waals surface area contributed by atoms with Gasteiger partial charge in [-0.15, -0.1) is 11.3 Å². The molecule has 2 amide bonds. The molecular formula is C19H16N2O3S. The molecule has 3 rings (SSSR count). The number of hydrazine groups is 1. The third-order valence-corrected chi connectivity index (χ3v) is 4.26. The normalized spacial score (nSPS) is 10.1. The van der Waals surface area contributed by atoms with Crippen LogP contribution >= 0.6 is 11.3 Å². The molecule has 6 heteroatoms. The zero-order valence-corrected chi connectivity index (χ0v) is 14.1. The molecule has 1 heterocycles. The Morgan fingerprint density at radius 2 is 1.64 bits per heavy atom. The third-order valence-electron chi connectivity index (χ3n) is 3.39. The monoisotopic (exact) mass is 352 g/mol. The summed E-state index contributed by atoms with van der Waals surface area (Å²) in [6.45, 7) is -0.200. The van der Waals surface area contributed by atoms with Gasteiger partial charge >= 0.3 is 0 Å². The summed E-state index contributed by atoms with van der Waals surface area (Å²) >= 11 is 1.30. The molecule has 0 aliphatic heterocycles. The topological polar surface area (TPSA) is 67.4 Å². The van der Waals surface area contributed by atoms with Crippen LogP contribution in [0.5, 0.6) is 5.75 Å². The molecule has 0 radical (unpaired) electrons. The molecule has 0 saturated carbocycles. The Morgan fingerprint density at radius 3 is 2.40 bits per heavy atom. The summed E-state index contributed by atoms with van der Waals surface area (Å²) in [7, 11) is 0. The number of ether oxygens (including phenoxy) is 1. The fourth-order valence-electron chi connectivity index (χ4n) is 2.22. The maximum Gasteiger partial charge on any atom is 0.279 e. The third kappa shape index (κ3) is 4.45. The molecule has 0 spiro atoms. The summed E-state index contributed by atoms with van der Waals surface area (Å²) in [4.78, 5) is 24.2. The van der Waals surface area contributed by atoms with Gasteiger partial charge in [-0.3, -0.25) is 20.4 Å². The zero-order chi connectivity index (χ0) is 17.5. The van der Waals surface area contributed by atoms with Crippen LogP contribution < -0.4 is 15.6 Å². The van der Waals surface area contributed by atoms with E-state index in [1.165, 1.54) is 11.3 Å². The Kier molecular flexibility index (Phi) is 5.43. The van der Waals surface area contributed by atoms with Crippen molar-refractivity contribution in [2.24, 2.45) is 0 Å². The smallest absolute Gasteiger partial charge is 0.279 e. The lowest BCUT2D eigenvalue weighted by Gasteiger charge is -2.12. The first-order valence-electron chi connectivity index (χ1n) is 7.64. The number of para-hydroxylation sites is 1. The summed E-state index contributed by atoms with van der Waals surface area (Å²) < 4.78 is 5.62. The molecular weight excluding hydrogens is 336 g/mol. The van der Waals surface area contributed by atoms with Crippen LogP contribution in [0.2, 0.25) is 0 Å². The van der Waals surface area contributed by atoms with E-state index in [0.29, 0.717) is 10.6 Å². The summed E-state index contributed by atoms with van der Waals surface area (Å²) in [5.41, 5.74) is 6.61. The van der Waals surface area contributed by atoms with Crippen molar-refractivity contribution in [3.63, 3.8) is 0 Å². The van der Waals surface area contributed by atoms with E-state index in [2.05, 4.69) is 10.9 Å². The van der Waals surface area contributed by atoms with Crippen molar-refractivity contribution in [1.29, 1.82) is 0 Å². The Morgan fingerprint density at radius 1 is 0.880 bits per heavy atom. The molecule has 3 aromatic rings. The van der Waals surface area contributed by atoms with Crippen LogP contribution in [0.25, 0.3) is 11.1 Å². The fraction of sp³-hybridized carbons (Fsp3) is 0.0526. The number of amides is 2. The summed E-state index contributed by atoms with van der Waals surface area (Å²) in [6, 6.07) is 20.7. The first kappa shape index (κ1) is 16.7. The minimum atomic E-state index is -0.437. The molecule has 0 aliphatic rings. The van der Waals surface area contributed by atoms with Gasteiger partial charge in [-0.05, 0) is 23.1 Å². The van der Waals surface area contributed by atoms with Gasteiger partial charge in [0.15, 0.2) is 6.61 Å². The van der Waals surface area contributed by atoms with Crippen molar-refractivity contribution in [1.82, 2.24) is 10.9 Å². The molecule has 0 bridgehead atoms. The minimum Gasteiger partial charge on any atom is -0.483 e. The van der Waals surface area contributed by atoms with Crippen LogP contribution in [0.15, 0.2) is 72.1 Å². The van der Waals surface area contributed by atoms with E-state index in [4.69, 9.17) is 4.74 Å². The highest BCUT2D eigenvalue weighted by Crippen LogP contribution is 2.29. The second-order valence-corrected chi connectivity index (χ2v) is 6.08. The van der Waals surface area contributed by atoms with E-state index in [9.17, 15) is 9.59 Å². The van der Waals surface area contributed by atoms with Gasteiger partial charge in [0.25, 0.3) is 11.8 Å². The minimum absolute atomic E-state index is 0.200. The molecule has 25 heavy (non-hydrogen) atoms. The maximum absolute atomic E-state index is 11.9. The number of benzene rings is 2. The molecule has 0 aliphatic carbocycles. The number of carbonyl (C=O) groups is 2. The van der Waals surface area contributed by atoms with E-state index < -0.39 is 5.91 Å². The highest BCUT2D eigenvalue weighted by Gasteiger charge is 2.10. The lowest BCUT2D eigenvalue weighted by Crippen LogP contribution is -2.43. The highest BCUT2D eigenvalue weighted by molar-refractivity contribution is 7.12. The van der Waals surface area contributed by atoms with Crippen molar-refractivity contribution in [2.75, 3.05) is 6.61 Å². The first-order chi connectivity index (χ1) is 12.2. The highest BCUT2D eigenvalue weighted by atomic mass is 32.1. The largest absolute Gasteiger partial charge is 0.483 e. The lowest BCUT2D eigenvalue weighted by atomic mass is 10.1. The van der Waals surface area contributed by atoms with Crippen molar-refractivity contribution in [3.8, 4) is 16.9 Å². The summed E-state index contributed by atoms with van der Waals surface area (Å²) in [6.07, 6.45) is 0. The van der Waals surface area contributed by atoms with Gasteiger partial charge in [-0.2, -0.15) is 0 Å². The molecule has 0 fully saturated rings. The molecule has 0 atom stereocenters. The van der Waals surface area contributed by atoms with Gasteiger partial charge in [0.05, 0.1) is 4.88 Å².